The van der Waals surface area contributed by atoms with Gasteiger partial charge in [-0.2, -0.15) is 0 Å². The van der Waals surface area contributed by atoms with E-state index in [1.807, 2.05) is 5.43 Å². The number of benzene rings is 1. The van der Waals surface area contributed by atoms with E-state index in [-0.39, 0.29) is 6.42 Å². The molecule has 29 heavy (non-hydrogen) atoms. The van der Waals surface area contributed by atoms with Gasteiger partial charge >= 0.3 is 17.9 Å². The summed E-state index contributed by atoms with van der Waals surface area (Å²) in [5.74, 6) is -1.41. The SMILES string of the molecule is CC(C)(C)OC(=O)NN(CCC(N)=O)C(=O)Oc1ccc([N+](=O)[O-])cc1[N+](=O)[O-]. The first-order valence-electron chi connectivity index (χ1n) is 8.00. The first kappa shape index (κ1) is 23.1. The monoisotopic (exact) mass is 413 g/mol. The summed E-state index contributed by atoms with van der Waals surface area (Å²) < 4.78 is 9.85. The summed E-state index contributed by atoms with van der Waals surface area (Å²) in [6, 6.07) is 2.36. The van der Waals surface area contributed by atoms with E-state index in [1.54, 1.807) is 20.8 Å². The fourth-order valence-electron chi connectivity index (χ4n) is 1.82. The molecule has 0 saturated heterocycles. The van der Waals surface area contributed by atoms with Crippen molar-refractivity contribution in [1.29, 1.82) is 0 Å². The number of hydrogen-bond donors (Lipinski definition) is 2. The number of nitro groups is 2. The number of non-ortho nitro benzene ring substituents is 1. The van der Waals surface area contributed by atoms with Crippen molar-refractivity contribution in [2.45, 2.75) is 32.8 Å². The molecular formula is C15H19N5O9. The van der Waals surface area contributed by atoms with Crippen LogP contribution < -0.4 is 15.9 Å². The molecule has 0 aliphatic heterocycles. The van der Waals surface area contributed by atoms with Gasteiger partial charge in [0.15, 0.2) is 0 Å². The number of primary amides is 1. The van der Waals surface area contributed by atoms with Crippen molar-refractivity contribution in [3.05, 3.63) is 38.4 Å². The first-order valence-corrected chi connectivity index (χ1v) is 8.00. The van der Waals surface area contributed by atoms with Gasteiger partial charge in [0, 0.05) is 12.5 Å². The molecule has 0 spiro atoms. The third-order valence-electron chi connectivity index (χ3n) is 2.97. The van der Waals surface area contributed by atoms with Crippen LogP contribution >= 0.6 is 0 Å². The van der Waals surface area contributed by atoms with Gasteiger partial charge in [-0.1, -0.05) is 0 Å². The molecule has 0 fully saturated rings. The molecule has 3 N–H and O–H groups in total. The number of amides is 3. The van der Waals surface area contributed by atoms with E-state index in [4.69, 9.17) is 15.2 Å². The van der Waals surface area contributed by atoms with Crippen LogP contribution in [-0.2, 0) is 9.53 Å². The Bertz CT molecular complexity index is 834. The summed E-state index contributed by atoms with van der Waals surface area (Å²) in [7, 11) is 0. The normalized spacial score (nSPS) is 10.6. The van der Waals surface area contributed by atoms with Crippen molar-refractivity contribution in [2.75, 3.05) is 6.54 Å². The highest BCUT2D eigenvalue weighted by atomic mass is 16.6. The maximum Gasteiger partial charge on any atom is 0.434 e. The maximum absolute atomic E-state index is 12.3. The van der Waals surface area contributed by atoms with Gasteiger partial charge in [-0.25, -0.2) is 20.0 Å². The smallest absolute Gasteiger partial charge is 0.434 e. The lowest BCUT2D eigenvalue weighted by Crippen LogP contribution is -2.50. The number of nitrogens with one attached hydrogen (secondary N) is 1. The molecule has 0 bridgehead atoms. The van der Waals surface area contributed by atoms with Crippen molar-refractivity contribution >= 4 is 29.5 Å². The average Bonchev–Trinajstić information content (AvgIpc) is 2.56. The van der Waals surface area contributed by atoms with Gasteiger partial charge in [-0.15, -0.1) is 0 Å². The van der Waals surface area contributed by atoms with E-state index < -0.39 is 57.2 Å². The van der Waals surface area contributed by atoms with Gasteiger partial charge in [0.05, 0.1) is 22.5 Å². The summed E-state index contributed by atoms with van der Waals surface area (Å²) in [4.78, 5) is 55.3. The van der Waals surface area contributed by atoms with E-state index in [1.165, 1.54) is 0 Å². The Morgan fingerprint density at radius 3 is 2.28 bits per heavy atom. The molecule has 0 heterocycles. The molecule has 1 rings (SSSR count). The molecule has 14 nitrogen and oxygen atoms in total. The van der Waals surface area contributed by atoms with Gasteiger partial charge in [0.1, 0.15) is 5.60 Å². The average molecular weight is 413 g/mol. The van der Waals surface area contributed by atoms with Crippen molar-refractivity contribution < 1.29 is 33.7 Å². The van der Waals surface area contributed by atoms with Crippen LogP contribution in [0.1, 0.15) is 27.2 Å². The lowest BCUT2D eigenvalue weighted by atomic mass is 10.2. The van der Waals surface area contributed by atoms with Crippen LogP contribution in [0.5, 0.6) is 5.75 Å². The lowest BCUT2D eigenvalue weighted by molar-refractivity contribution is -0.394. The molecule has 0 aliphatic rings. The zero-order valence-electron chi connectivity index (χ0n) is 15.7. The molecule has 14 heteroatoms. The number of carbonyl (C=O) groups excluding carboxylic acids is 3. The standard InChI is InChI=1S/C15H19N5O9/c1-15(2,3)29-13(22)17-18(7-6-12(16)21)14(23)28-11-5-4-9(19(24)25)8-10(11)20(26)27/h4-5,8H,6-7H2,1-3H3,(H2,16,21)(H,17,22). The van der Waals surface area contributed by atoms with Crippen LogP contribution in [0, 0.1) is 20.2 Å². The zero-order chi connectivity index (χ0) is 22.4. The third kappa shape index (κ3) is 7.66. The van der Waals surface area contributed by atoms with E-state index in [0.717, 1.165) is 12.1 Å². The van der Waals surface area contributed by atoms with Crippen LogP contribution in [-0.4, -0.2) is 45.1 Å². The maximum atomic E-state index is 12.3. The number of nitrogens with zero attached hydrogens (tertiary/aromatic N) is 3. The molecule has 158 valence electrons. The van der Waals surface area contributed by atoms with Gasteiger partial charge in [0.2, 0.25) is 11.7 Å². The van der Waals surface area contributed by atoms with Crippen LogP contribution in [0.2, 0.25) is 0 Å². The van der Waals surface area contributed by atoms with Crippen molar-refractivity contribution in [2.24, 2.45) is 5.73 Å². The molecule has 0 atom stereocenters. The molecule has 0 radical (unpaired) electrons. The van der Waals surface area contributed by atoms with Crippen LogP contribution in [0.3, 0.4) is 0 Å². The highest BCUT2D eigenvalue weighted by Crippen LogP contribution is 2.31. The van der Waals surface area contributed by atoms with Crippen LogP contribution in [0.25, 0.3) is 0 Å². The number of carbonyl (C=O) groups is 3. The molecule has 3 amide bonds. The summed E-state index contributed by atoms with van der Waals surface area (Å²) in [6.45, 7) is 4.28. The Morgan fingerprint density at radius 1 is 1.17 bits per heavy atom. The molecule has 1 aromatic carbocycles. The van der Waals surface area contributed by atoms with Crippen molar-refractivity contribution in [3.8, 4) is 5.75 Å². The van der Waals surface area contributed by atoms with Crippen LogP contribution in [0.4, 0.5) is 21.0 Å². The van der Waals surface area contributed by atoms with Gasteiger partial charge in [-0.05, 0) is 26.8 Å². The minimum Gasteiger partial charge on any atom is -0.443 e. The van der Waals surface area contributed by atoms with E-state index in [0.29, 0.717) is 11.1 Å². The van der Waals surface area contributed by atoms with E-state index in [9.17, 15) is 34.6 Å². The number of nitrogens with two attached hydrogens (primary N) is 1. The number of hydrazine groups is 1. The topological polar surface area (TPSA) is 197 Å². The fraction of sp³-hybridized carbons (Fsp3) is 0.400. The minimum absolute atomic E-state index is 0.368. The lowest BCUT2D eigenvalue weighted by Gasteiger charge is -2.25. The molecule has 0 aromatic heterocycles. The van der Waals surface area contributed by atoms with E-state index in [2.05, 4.69) is 0 Å². The van der Waals surface area contributed by atoms with Gasteiger partial charge in [-0.3, -0.25) is 25.0 Å². The minimum atomic E-state index is -1.31. The summed E-state index contributed by atoms with van der Waals surface area (Å²) >= 11 is 0. The number of ether oxygens (including phenoxy) is 2. The zero-order valence-corrected chi connectivity index (χ0v) is 15.7. The third-order valence-corrected chi connectivity index (χ3v) is 2.97. The Balaban J connectivity index is 3.07. The first-order chi connectivity index (χ1) is 13.3. The number of hydrogen-bond acceptors (Lipinski definition) is 9. The largest absolute Gasteiger partial charge is 0.443 e. The molecular weight excluding hydrogens is 394 g/mol. The van der Waals surface area contributed by atoms with Crippen molar-refractivity contribution in [3.63, 3.8) is 0 Å². The summed E-state index contributed by atoms with van der Waals surface area (Å²) in [5.41, 5.74) is 4.72. The van der Waals surface area contributed by atoms with E-state index >= 15 is 0 Å². The van der Waals surface area contributed by atoms with Crippen LogP contribution in [0.15, 0.2) is 18.2 Å². The Hall–Kier alpha value is -3.97. The number of rotatable bonds is 6. The summed E-state index contributed by atoms with van der Waals surface area (Å²) in [6.07, 6.45) is -2.74. The summed E-state index contributed by atoms with van der Waals surface area (Å²) in [5, 5.41) is 22.4. The fourth-order valence-corrected chi connectivity index (χ4v) is 1.82. The second-order valence-corrected chi connectivity index (χ2v) is 6.52. The van der Waals surface area contributed by atoms with Gasteiger partial charge in [0.25, 0.3) is 5.69 Å². The molecule has 0 saturated carbocycles. The van der Waals surface area contributed by atoms with Gasteiger partial charge < -0.3 is 15.2 Å². The predicted octanol–water partition coefficient (Wildman–Crippen LogP) is 1.62. The Kier molecular flexibility index (Phi) is 7.39. The number of nitro benzene ring substituents is 2. The highest BCUT2D eigenvalue weighted by molar-refractivity contribution is 5.78. The second-order valence-electron chi connectivity index (χ2n) is 6.52. The van der Waals surface area contributed by atoms with Crippen molar-refractivity contribution in [1.82, 2.24) is 10.4 Å². The highest BCUT2D eigenvalue weighted by Gasteiger charge is 2.27. The molecule has 1 aromatic rings. The predicted molar refractivity (Wildman–Crippen MR) is 95.7 cm³/mol. The quantitative estimate of drug-likeness (QED) is 0.514. The second kappa shape index (κ2) is 9.29. The Morgan fingerprint density at radius 2 is 1.79 bits per heavy atom. The molecule has 0 aliphatic carbocycles. The Labute approximate surface area is 163 Å². The molecule has 0 unspecified atom stereocenters.